The number of hydrogen-bond acceptors (Lipinski definition) is 3. The Kier molecular flexibility index (Phi) is 6.20. The first-order valence-electron chi connectivity index (χ1n) is 7.03. The summed E-state index contributed by atoms with van der Waals surface area (Å²) in [5.41, 5.74) is 5.42. The second-order valence-electron chi connectivity index (χ2n) is 5.12. The summed E-state index contributed by atoms with van der Waals surface area (Å²) >= 11 is 0. The standard InChI is InChI=1S/C15H23NO3S/c1-3-6-12(7-4-2)11-20(18,19)14-9-5-8-13(10-14)15(16)17/h5,8-10,12H,3-4,6-7,11H2,1-2H3,(H2,16,17). The summed E-state index contributed by atoms with van der Waals surface area (Å²) < 4.78 is 24.8. The van der Waals surface area contributed by atoms with Crippen LogP contribution in [0.4, 0.5) is 0 Å². The van der Waals surface area contributed by atoms with Gasteiger partial charge in [0.05, 0.1) is 10.6 Å². The summed E-state index contributed by atoms with van der Waals surface area (Å²) in [5, 5.41) is 0. The maximum absolute atomic E-state index is 12.4. The van der Waals surface area contributed by atoms with E-state index in [2.05, 4.69) is 13.8 Å². The molecular weight excluding hydrogens is 274 g/mol. The molecule has 0 atom stereocenters. The van der Waals surface area contributed by atoms with Gasteiger partial charge in [-0.1, -0.05) is 32.8 Å². The number of carbonyl (C=O) groups is 1. The second-order valence-corrected chi connectivity index (χ2v) is 7.15. The number of primary amides is 1. The van der Waals surface area contributed by atoms with Gasteiger partial charge in [0.25, 0.3) is 0 Å². The Hall–Kier alpha value is -1.36. The zero-order chi connectivity index (χ0) is 15.2. The Morgan fingerprint density at radius 2 is 1.80 bits per heavy atom. The predicted octanol–water partition coefficient (Wildman–Crippen LogP) is 2.78. The third-order valence-electron chi connectivity index (χ3n) is 3.33. The fraction of sp³-hybridized carbons (Fsp3) is 0.533. The van der Waals surface area contributed by atoms with Gasteiger partial charge in [0.15, 0.2) is 9.84 Å². The summed E-state index contributed by atoms with van der Waals surface area (Å²) in [6.45, 7) is 4.12. The number of amides is 1. The molecule has 0 heterocycles. The van der Waals surface area contributed by atoms with E-state index < -0.39 is 15.7 Å². The van der Waals surface area contributed by atoms with E-state index in [-0.39, 0.29) is 22.1 Å². The van der Waals surface area contributed by atoms with E-state index >= 15 is 0 Å². The number of rotatable bonds is 8. The molecule has 0 aliphatic carbocycles. The number of sulfone groups is 1. The van der Waals surface area contributed by atoms with Crippen LogP contribution in [0.25, 0.3) is 0 Å². The Morgan fingerprint density at radius 3 is 2.30 bits per heavy atom. The molecule has 0 unspecified atom stereocenters. The summed E-state index contributed by atoms with van der Waals surface area (Å²) in [4.78, 5) is 11.3. The zero-order valence-electron chi connectivity index (χ0n) is 12.1. The fourth-order valence-corrected chi connectivity index (χ4v) is 4.12. The van der Waals surface area contributed by atoms with Crippen LogP contribution in [-0.2, 0) is 9.84 Å². The molecule has 2 N–H and O–H groups in total. The molecule has 1 amide bonds. The lowest BCUT2D eigenvalue weighted by Gasteiger charge is -2.15. The van der Waals surface area contributed by atoms with E-state index in [1.807, 2.05) is 0 Å². The highest BCUT2D eigenvalue weighted by atomic mass is 32.2. The van der Waals surface area contributed by atoms with Crippen molar-refractivity contribution in [2.75, 3.05) is 5.75 Å². The molecule has 0 saturated carbocycles. The van der Waals surface area contributed by atoms with Crippen LogP contribution < -0.4 is 5.73 Å². The highest BCUT2D eigenvalue weighted by Crippen LogP contribution is 2.21. The van der Waals surface area contributed by atoms with Crippen LogP contribution in [0.5, 0.6) is 0 Å². The SMILES string of the molecule is CCCC(CCC)CS(=O)(=O)c1cccc(C(N)=O)c1. The number of benzene rings is 1. The van der Waals surface area contributed by atoms with Crippen molar-refractivity contribution in [2.24, 2.45) is 11.7 Å². The van der Waals surface area contributed by atoms with Crippen LogP contribution in [0.1, 0.15) is 49.9 Å². The topological polar surface area (TPSA) is 77.2 Å². The van der Waals surface area contributed by atoms with Crippen molar-refractivity contribution in [3.8, 4) is 0 Å². The van der Waals surface area contributed by atoms with Crippen molar-refractivity contribution >= 4 is 15.7 Å². The molecule has 0 fully saturated rings. The maximum Gasteiger partial charge on any atom is 0.248 e. The van der Waals surface area contributed by atoms with Gasteiger partial charge < -0.3 is 5.73 Å². The van der Waals surface area contributed by atoms with E-state index in [0.717, 1.165) is 25.7 Å². The minimum atomic E-state index is -3.37. The molecule has 1 aromatic carbocycles. The molecule has 0 saturated heterocycles. The lowest BCUT2D eigenvalue weighted by atomic mass is 10.0. The molecule has 1 rings (SSSR count). The second kappa shape index (κ2) is 7.43. The van der Waals surface area contributed by atoms with Gasteiger partial charge in [-0.05, 0) is 37.0 Å². The van der Waals surface area contributed by atoms with Crippen LogP contribution in [-0.4, -0.2) is 20.1 Å². The van der Waals surface area contributed by atoms with Gasteiger partial charge in [0.2, 0.25) is 5.91 Å². The predicted molar refractivity (Wildman–Crippen MR) is 80.3 cm³/mol. The number of hydrogen-bond donors (Lipinski definition) is 1. The molecule has 0 spiro atoms. The van der Waals surface area contributed by atoms with E-state index in [1.54, 1.807) is 6.07 Å². The molecule has 0 aromatic heterocycles. The first-order valence-corrected chi connectivity index (χ1v) is 8.68. The smallest absolute Gasteiger partial charge is 0.248 e. The lowest BCUT2D eigenvalue weighted by Crippen LogP contribution is -2.18. The van der Waals surface area contributed by atoms with Gasteiger partial charge >= 0.3 is 0 Å². The van der Waals surface area contributed by atoms with Crippen molar-refractivity contribution in [1.29, 1.82) is 0 Å². The van der Waals surface area contributed by atoms with Crippen molar-refractivity contribution in [1.82, 2.24) is 0 Å². The zero-order valence-corrected chi connectivity index (χ0v) is 12.9. The molecule has 112 valence electrons. The summed E-state index contributed by atoms with van der Waals surface area (Å²) in [6.07, 6.45) is 3.76. The van der Waals surface area contributed by atoms with Crippen LogP contribution in [0.3, 0.4) is 0 Å². The van der Waals surface area contributed by atoms with Crippen LogP contribution >= 0.6 is 0 Å². The van der Waals surface area contributed by atoms with Crippen molar-refractivity contribution < 1.29 is 13.2 Å². The van der Waals surface area contributed by atoms with Crippen molar-refractivity contribution in [3.05, 3.63) is 29.8 Å². The van der Waals surface area contributed by atoms with Crippen LogP contribution in [0, 0.1) is 5.92 Å². The minimum absolute atomic E-state index is 0.136. The molecule has 1 aromatic rings. The Bertz CT molecular complexity index is 546. The fourth-order valence-electron chi connectivity index (χ4n) is 2.38. The molecular formula is C15H23NO3S. The lowest BCUT2D eigenvalue weighted by molar-refractivity contribution is 0.1000. The van der Waals surface area contributed by atoms with Gasteiger partial charge in [-0.15, -0.1) is 0 Å². The molecule has 0 aliphatic heterocycles. The average Bonchev–Trinajstić information content (AvgIpc) is 2.39. The minimum Gasteiger partial charge on any atom is -0.366 e. The summed E-state index contributed by atoms with van der Waals surface area (Å²) in [5.74, 6) is -0.301. The molecule has 0 bridgehead atoms. The highest BCUT2D eigenvalue weighted by molar-refractivity contribution is 7.91. The van der Waals surface area contributed by atoms with Gasteiger partial charge in [-0.3, -0.25) is 4.79 Å². The molecule has 5 heteroatoms. The molecule has 0 radical (unpaired) electrons. The number of carbonyl (C=O) groups excluding carboxylic acids is 1. The van der Waals surface area contributed by atoms with Gasteiger partial charge in [0, 0.05) is 5.56 Å². The quantitative estimate of drug-likeness (QED) is 0.801. The van der Waals surface area contributed by atoms with Gasteiger partial charge in [-0.25, -0.2) is 8.42 Å². The molecule has 0 aliphatic rings. The van der Waals surface area contributed by atoms with Gasteiger partial charge in [0.1, 0.15) is 0 Å². The first kappa shape index (κ1) is 16.7. The van der Waals surface area contributed by atoms with E-state index in [4.69, 9.17) is 5.73 Å². The number of nitrogens with two attached hydrogens (primary N) is 1. The van der Waals surface area contributed by atoms with Crippen molar-refractivity contribution in [3.63, 3.8) is 0 Å². The Labute approximate surface area is 121 Å². The average molecular weight is 297 g/mol. The van der Waals surface area contributed by atoms with Gasteiger partial charge in [-0.2, -0.15) is 0 Å². The monoisotopic (exact) mass is 297 g/mol. The third kappa shape index (κ3) is 4.63. The summed E-state index contributed by atoms with van der Waals surface area (Å²) in [6, 6.07) is 5.97. The third-order valence-corrected chi connectivity index (χ3v) is 5.21. The van der Waals surface area contributed by atoms with E-state index in [1.165, 1.54) is 18.2 Å². The highest BCUT2D eigenvalue weighted by Gasteiger charge is 2.21. The maximum atomic E-state index is 12.4. The van der Waals surface area contributed by atoms with Crippen molar-refractivity contribution in [2.45, 2.75) is 44.4 Å². The largest absolute Gasteiger partial charge is 0.366 e. The van der Waals surface area contributed by atoms with E-state index in [9.17, 15) is 13.2 Å². The normalized spacial score (nSPS) is 11.8. The molecule has 20 heavy (non-hydrogen) atoms. The summed E-state index contributed by atoms with van der Waals surface area (Å²) in [7, 11) is -3.37. The van der Waals surface area contributed by atoms with Crippen LogP contribution in [0.2, 0.25) is 0 Å². The Balaban J connectivity index is 2.97. The van der Waals surface area contributed by atoms with E-state index in [0.29, 0.717) is 0 Å². The Morgan fingerprint density at radius 1 is 1.20 bits per heavy atom. The van der Waals surface area contributed by atoms with Crippen LogP contribution in [0.15, 0.2) is 29.2 Å². The molecule has 4 nitrogen and oxygen atoms in total. The first-order chi connectivity index (χ1) is 9.40.